The monoisotopic (exact) mass is 342 g/mol. The predicted molar refractivity (Wildman–Crippen MR) is 89.1 cm³/mol. The van der Waals surface area contributed by atoms with Crippen LogP contribution in [-0.2, 0) is 11.2 Å². The Morgan fingerprint density at radius 3 is 2.80 bits per heavy atom. The van der Waals surface area contributed by atoms with E-state index in [1.807, 2.05) is 0 Å². The van der Waals surface area contributed by atoms with Gasteiger partial charge in [0.1, 0.15) is 6.10 Å². The molecule has 2 heterocycles. The van der Waals surface area contributed by atoms with E-state index >= 15 is 0 Å². The van der Waals surface area contributed by atoms with Crippen LogP contribution in [0.1, 0.15) is 18.4 Å². The van der Waals surface area contributed by atoms with Gasteiger partial charge in [-0.15, -0.1) is 5.10 Å². The molecule has 1 fully saturated rings. The molecule has 1 amide bonds. The van der Waals surface area contributed by atoms with E-state index in [1.165, 1.54) is 12.1 Å². The Balaban J connectivity index is 1.57. The molecular weight excluding hydrogens is 324 g/mol. The lowest BCUT2D eigenvalue weighted by Gasteiger charge is -2.32. The van der Waals surface area contributed by atoms with E-state index in [4.69, 9.17) is 4.74 Å². The molecule has 25 heavy (non-hydrogen) atoms. The smallest absolute Gasteiger partial charge is 0.269 e. The van der Waals surface area contributed by atoms with Crippen molar-refractivity contribution in [2.45, 2.75) is 25.4 Å². The molecule has 1 atom stereocenters. The van der Waals surface area contributed by atoms with Crippen LogP contribution in [0.4, 0.5) is 5.69 Å². The number of benzene rings is 1. The zero-order chi connectivity index (χ0) is 17.6. The van der Waals surface area contributed by atoms with Crippen molar-refractivity contribution in [3.8, 4) is 5.88 Å². The highest BCUT2D eigenvalue weighted by Crippen LogP contribution is 2.18. The fourth-order valence-electron chi connectivity index (χ4n) is 2.80. The van der Waals surface area contributed by atoms with Crippen molar-refractivity contribution in [3.05, 3.63) is 58.3 Å². The molecular formula is C17H18N4O4. The summed E-state index contributed by atoms with van der Waals surface area (Å²) in [6, 6.07) is 9.56. The van der Waals surface area contributed by atoms with Crippen LogP contribution in [0.2, 0.25) is 0 Å². The Hall–Kier alpha value is -3.03. The van der Waals surface area contributed by atoms with Crippen molar-refractivity contribution >= 4 is 11.6 Å². The zero-order valence-corrected chi connectivity index (χ0v) is 13.6. The molecule has 0 saturated carbocycles. The molecule has 1 aromatic carbocycles. The minimum absolute atomic E-state index is 0.0127. The first-order chi connectivity index (χ1) is 12.1. The summed E-state index contributed by atoms with van der Waals surface area (Å²) in [7, 11) is 0. The lowest BCUT2D eigenvalue weighted by atomic mass is 10.1. The van der Waals surface area contributed by atoms with Crippen LogP contribution in [0.15, 0.2) is 42.6 Å². The summed E-state index contributed by atoms with van der Waals surface area (Å²) in [6.45, 7) is 1.19. The number of likely N-dealkylation sites (tertiary alicyclic amines) is 1. The number of hydrogen-bond acceptors (Lipinski definition) is 6. The molecule has 0 aliphatic carbocycles. The van der Waals surface area contributed by atoms with Crippen LogP contribution < -0.4 is 4.74 Å². The average Bonchev–Trinajstić information content (AvgIpc) is 2.63. The van der Waals surface area contributed by atoms with Crippen molar-refractivity contribution < 1.29 is 14.5 Å². The Morgan fingerprint density at radius 1 is 1.32 bits per heavy atom. The minimum Gasteiger partial charge on any atom is -0.471 e. The summed E-state index contributed by atoms with van der Waals surface area (Å²) in [5.74, 6) is 0.443. The predicted octanol–water partition coefficient (Wildman–Crippen LogP) is 2.00. The lowest BCUT2D eigenvalue weighted by Crippen LogP contribution is -2.45. The molecule has 8 heteroatoms. The van der Waals surface area contributed by atoms with Crippen LogP contribution in [0, 0.1) is 10.1 Å². The molecule has 0 N–H and O–H groups in total. The number of carbonyl (C=O) groups is 1. The first-order valence-corrected chi connectivity index (χ1v) is 8.07. The Kier molecular flexibility index (Phi) is 5.17. The second-order valence-electron chi connectivity index (χ2n) is 5.88. The summed E-state index contributed by atoms with van der Waals surface area (Å²) >= 11 is 0. The maximum Gasteiger partial charge on any atom is 0.269 e. The highest BCUT2D eigenvalue weighted by atomic mass is 16.6. The summed E-state index contributed by atoms with van der Waals surface area (Å²) in [5, 5.41) is 18.4. The molecule has 1 aliphatic rings. The normalized spacial score (nSPS) is 17.1. The first-order valence-electron chi connectivity index (χ1n) is 8.07. The van der Waals surface area contributed by atoms with E-state index in [-0.39, 0.29) is 24.1 Å². The van der Waals surface area contributed by atoms with Crippen LogP contribution in [0.25, 0.3) is 0 Å². The van der Waals surface area contributed by atoms with Crippen LogP contribution >= 0.6 is 0 Å². The number of nitrogens with zero attached hydrogens (tertiary/aromatic N) is 4. The Labute approximate surface area is 144 Å². The second kappa shape index (κ2) is 7.69. The molecule has 0 bridgehead atoms. The highest BCUT2D eigenvalue weighted by Gasteiger charge is 2.25. The largest absolute Gasteiger partial charge is 0.471 e. The number of non-ortho nitro benzene ring substituents is 1. The summed E-state index contributed by atoms with van der Waals surface area (Å²) in [6.07, 6.45) is 3.41. The number of carbonyl (C=O) groups excluding carboxylic acids is 1. The molecule has 1 aliphatic heterocycles. The van der Waals surface area contributed by atoms with E-state index in [9.17, 15) is 14.9 Å². The maximum atomic E-state index is 12.5. The number of amides is 1. The van der Waals surface area contributed by atoms with E-state index < -0.39 is 4.92 Å². The zero-order valence-electron chi connectivity index (χ0n) is 13.6. The van der Waals surface area contributed by atoms with Gasteiger partial charge in [0.05, 0.1) is 17.9 Å². The van der Waals surface area contributed by atoms with Crippen molar-refractivity contribution in [3.63, 3.8) is 0 Å². The molecule has 8 nitrogen and oxygen atoms in total. The maximum absolute atomic E-state index is 12.5. The minimum atomic E-state index is -0.454. The van der Waals surface area contributed by atoms with E-state index in [2.05, 4.69) is 10.2 Å². The van der Waals surface area contributed by atoms with E-state index in [1.54, 1.807) is 35.4 Å². The number of ether oxygens (including phenoxy) is 1. The van der Waals surface area contributed by atoms with Crippen LogP contribution in [0.5, 0.6) is 5.88 Å². The quantitative estimate of drug-likeness (QED) is 0.609. The number of aromatic nitrogens is 2. The third-order valence-electron chi connectivity index (χ3n) is 4.07. The van der Waals surface area contributed by atoms with Gasteiger partial charge < -0.3 is 9.64 Å². The van der Waals surface area contributed by atoms with E-state index in [0.717, 1.165) is 18.4 Å². The number of rotatable bonds is 5. The highest BCUT2D eigenvalue weighted by molar-refractivity contribution is 5.79. The fourth-order valence-corrected chi connectivity index (χ4v) is 2.80. The van der Waals surface area contributed by atoms with Crippen molar-refractivity contribution in [2.24, 2.45) is 0 Å². The third kappa shape index (κ3) is 4.50. The fraction of sp³-hybridized carbons (Fsp3) is 0.353. The van der Waals surface area contributed by atoms with Gasteiger partial charge in [-0.25, -0.2) is 0 Å². The second-order valence-corrected chi connectivity index (χ2v) is 5.88. The van der Waals surface area contributed by atoms with Crippen molar-refractivity contribution in [1.29, 1.82) is 0 Å². The molecule has 1 saturated heterocycles. The molecule has 0 spiro atoms. The van der Waals surface area contributed by atoms with Gasteiger partial charge >= 0.3 is 0 Å². The first kappa shape index (κ1) is 16.8. The standard InChI is InChI=1S/C17H18N4O4/c22-17(11-13-5-7-14(8-6-13)21(23)24)20-10-2-3-15(12-20)25-16-4-1-9-18-19-16/h1,4-9,15H,2-3,10-12H2. The van der Waals surface area contributed by atoms with Gasteiger partial charge in [-0.3, -0.25) is 14.9 Å². The summed E-state index contributed by atoms with van der Waals surface area (Å²) < 4.78 is 5.79. The molecule has 130 valence electrons. The van der Waals surface area contributed by atoms with Crippen LogP contribution in [0.3, 0.4) is 0 Å². The molecule has 0 radical (unpaired) electrons. The van der Waals surface area contributed by atoms with Gasteiger partial charge in [-0.1, -0.05) is 12.1 Å². The molecule has 3 rings (SSSR count). The number of piperidine rings is 1. The number of nitro groups is 1. The molecule has 1 unspecified atom stereocenters. The topological polar surface area (TPSA) is 98.5 Å². The number of hydrogen-bond donors (Lipinski definition) is 0. The Morgan fingerprint density at radius 2 is 2.12 bits per heavy atom. The molecule has 2 aromatic rings. The lowest BCUT2D eigenvalue weighted by molar-refractivity contribution is -0.384. The Bertz CT molecular complexity index is 736. The SMILES string of the molecule is O=C(Cc1ccc([N+](=O)[O-])cc1)N1CCCC(Oc2cccnn2)C1. The third-order valence-corrected chi connectivity index (χ3v) is 4.07. The number of nitro benzene ring substituents is 1. The van der Waals surface area contributed by atoms with Gasteiger partial charge in [0, 0.05) is 30.9 Å². The van der Waals surface area contributed by atoms with Gasteiger partial charge in [0.2, 0.25) is 11.8 Å². The van der Waals surface area contributed by atoms with Gasteiger partial charge in [0.15, 0.2) is 0 Å². The average molecular weight is 342 g/mol. The van der Waals surface area contributed by atoms with Gasteiger partial charge in [-0.05, 0) is 24.5 Å². The van der Waals surface area contributed by atoms with E-state index in [0.29, 0.717) is 19.0 Å². The van der Waals surface area contributed by atoms with Crippen molar-refractivity contribution in [2.75, 3.05) is 13.1 Å². The van der Waals surface area contributed by atoms with Crippen molar-refractivity contribution in [1.82, 2.24) is 15.1 Å². The van der Waals surface area contributed by atoms with Gasteiger partial charge in [-0.2, -0.15) is 5.10 Å². The summed E-state index contributed by atoms with van der Waals surface area (Å²) in [4.78, 5) is 24.5. The van der Waals surface area contributed by atoms with Gasteiger partial charge in [0.25, 0.3) is 5.69 Å². The van der Waals surface area contributed by atoms with Crippen LogP contribution in [-0.4, -0.2) is 45.1 Å². The summed E-state index contributed by atoms with van der Waals surface area (Å²) in [5.41, 5.74) is 0.777. The molecule has 1 aromatic heterocycles.